The number of allylic oxidation sites excluding steroid dienone is 4. The molecule has 152 valence electrons. The molecular weight excluding hydrogens is 345 g/mol. The lowest BCUT2D eigenvalue weighted by Gasteiger charge is -2.28. The summed E-state index contributed by atoms with van der Waals surface area (Å²) in [6.45, 7) is 2.26. The lowest BCUT2D eigenvalue weighted by molar-refractivity contribution is 0.254. The largest absolute Gasteiger partial charge is 0.199 e. The number of rotatable bonds is 11. The quantitative estimate of drug-likeness (QED) is 0.217. The van der Waals surface area contributed by atoms with E-state index in [2.05, 4.69) is 31.2 Å². The van der Waals surface area contributed by atoms with Crippen LogP contribution >= 0.6 is 0 Å². The van der Waals surface area contributed by atoms with Crippen LogP contribution in [0, 0.1) is 23.2 Å². The van der Waals surface area contributed by atoms with E-state index in [0.29, 0.717) is 0 Å². The summed E-state index contributed by atoms with van der Waals surface area (Å²) in [5.41, 5.74) is 2.97. The number of unbranched alkanes of at least 4 members (excludes halogenated alkanes) is 2. The molecule has 0 bridgehead atoms. The lowest BCUT2D eigenvalue weighted by Crippen LogP contribution is -2.15. The molecule has 0 amide bonds. The fourth-order valence-electron chi connectivity index (χ4n) is 4.25. The molecule has 0 unspecified atom stereocenters. The van der Waals surface area contributed by atoms with Crippen molar-refractivity contribution >= 4 is 0 Å². The van der Waals surface area contributed by atoms with E-state index in [1.165, 1.54) is 93.9 Å². The van der Waals surface area contributed by atoms with Crippen LogP contribution < -0.4 is 0 Å². The molecule has 0 saturated heterocycles. The van der Waals surface area contributed by atoms with Crippen molar-refractivity contribution in [1.82, 2.24) is 0 Å². The lowest BCUT2D eigenvalue weighted by atomic mass is 9.78. The Hall–Kier alpha value is -1.88. The molecule has 28 heavy (non-hydrogen) atoms. The molecule has 0 heterocycles. The van der Waals surface area contributed by atoms with E-state index in [1.807, 2.05) is 6.08 Å². The van der Waals surface area contributed by atoms with Crippen LogP contribution in [0.15, 0.2) is 48.3 Å². The van der Waals surface area contributed by atoms with Crippen molar-refractivity contribution in [2.75, 3.05) is 0 Å². The first kappa shape index (κ1) is 22.4. The monoisotopic (exact) mass is 381 g/mol. The topological polar surface area (TPSA) is 23.8 Å². The van der Waals surface area contributed by atoms with E-state index in [-0.39, 0.29) is 0 Å². The minimum absolute atomic E-state index is 0.720. The first-order valence-electron chi connectivity index (χ1n) is 11.2. The summed E-state index contributed by atoms with van der Waals surface area (Å²) < 4.78 is 12.7. The highest BCUT2D eigenvalue weighted by molar-refractivity contribution is 5.22. The highest BCUT2D eigenvalue weighted by Gasteiger charge is 2.20. The van der Waals surface area contributed by atoms with Gasteiger partial charge in [-0.3, -0.25) is 0 Å². The minimum Gasteiger partial charge on any atom is -0.195 e. The highest BCUT2D eigenvalue weighted by Crippen LogP contribution is 2.34. The van der Waals surface area contributed by atoms with Gasteiger partial charge in [-0.2, -0.15) is 9.65 Å². The normalized spacial score (nSPS) is 20.4. The second-order valence-corrected chi connectivity index (χ2v) is 8.33. The number of halogens is 1. The van der Waals surface area contributed by atoms with E-state index < -0.39 is 5.83 Å². The molecule has 0 spiro atoms. The maximum atomic E-state index is 12.7. The van der Waals surface area contributed by atoms with Gasteiger partial charge in [-0.25, -0.2) is 0 Å². The highest BCUT2D eigenvalue weighted by atomic mass is 19.1. The van der Waals surface area contributed by atoms with Gasteiger partial charge in [-0.15, -0.1) is 0 Å². The van der Waals surface area contributed by atoms with Gasteiger partial charge in [0.2, 0.25) is 0 Å². The Morgan fingerprint density at radius 1 is 1.00 bits per heavy atom. The molecule has 1 saturated carbocycles. The van der Waals surface area contributed by atoms with Gasteiger partial charge in [0.25, 0.3) is 0 Å². The van der Waals surface area contributed by atoms with Crippen LogP contribution in [0.2, 0.25) is 0 Å². The molecule has 0 aromatic heterocycles. The summed E-state index contributed by atoms with van der Waals surface area (Å²) in [5, 5.41) is 8.36. The number of hydrogen-bond donors (Lipinski definition) is 0. The van der Waals surface area contributed by atoms with E-state index >= 15 is 0 Å². The third-order valence-corrected chi connectivity index (χ3v) is 6.13. The second kappa shape index (κ2) is 13.3. The smallest absolute Gasteiger partial charge is 0.195 e. The van der Waals surface area contributed by atoms with Crippen LogP contribution in [0.25, 0.3) is 0 Å². The van der Waals surface area contributed by atoms with Crippen molar-refractivity contribution in [3.63, 3.8) is 0 Å². The summed E-state index contributed by atoms with van der Waals surface area (Å²) in [5.74, 6) is 0.972. The van der Waals surface area contributed by atoms with Gasteiger partial charge in [0.15, 0.2) is 5.83 Å². The Labute approximate surface area is 171 Å². The second-order valence-electron chi connectivity index (χ2n) is 8.33. The predicted molar refractivity (Wildman–Crippen MR) is 117 cm³/mol. The van der Waals surface area contributed by atoms with E-state index in [9.17, 15) is 4.39 Å². The average molecular weight is 382 g/mol. The Bertz CT molecular complexity index is 642. The van der Waals surface area contributed by atoms with Crippen LogP contribution in [0.5, 0.6) is 0 Å². The minimum atomic E-state index is -0.720. The average Bonchev–Trinajstić information content (AvgIpc) is 2.74. The zero-order valence-electron chi connectivity index (χ0n) is 17.5. The molecule has 0 radical (unpaired) electrons. The Balaban J connectivity index is 1.60. The number of nitrogens with zero attached hydrogens (tertiary/aromatic N) is 1. The van der Waals surface area contributed by atoms with E-state index in [1.54, 1.807) is 6.08 Å². The third-order valence-electron chi connectivity index (χ3n) is 6.13. The molecule has 2 rings (SSSR count). The summed E-state index contributed by atoms with van der Waals surface area (Å²) in [4.78, 5) is 0. The Morgan fingerprint density at radius 2 is 1.61 bits per heavy atom. The SMILES string of the molecule is CCCCCc1ccc(CC[C@H]2CC[C@H](CCC=CC=C(F)C#N)CC2)cc1. The molecule has 0 atom stereocenters. The maximum absolute atomic E-state index is 12.7. The molecule has 1 fully saturated rings. The Kier molecular flexibility index (Phi) is 10.7. The third kappa shape index (κ3) is 8.87. The fraction of sp³-hybridized carbons (Fsp3) is 0.577. The summed E-state index contributed by atoms with van der Waals surface area (Å²) in [6.07, 6.45) is 20.1. The zero-order valence-corrected chi connectivity index (χ0v) is 17.5. The number of aryl methyl sites for hydroxylation is 2. The number of hydrogen-bond acceptors (Lipinski definition) is 1. The van der Waals surface area contributed by atoms with Crippen molar-refractivity contribution in [1.29, 1.82) is 5.26 Å². The van der Waals surface area contributed by atoms with Gasteiger partial charge in [-0.1, -0.05) is 81.9 Å². The molecule has 1 aromatic carbocycles. The summed E-state index contributed by atoms with van der Waals surface area (Å²) in [7, 11) is 0. The van der Waals surface area contributed by atoms with E-state index in [0.717, 1.165) is 18.3 Å². The van der Waals surface area contributed by atoms with Crippen molar-refractivity contribution in [2.24, 2.45) is 11.8 Å². The van der Waals surface area contributed by atoms with Gasteiger partial charge < -0.3 is 0 Å². The van der Waals surface area contributed by atoms with Gasteiger partial charge in [0.1, 0.15) is 6.07 Å². The molecule has 1 aromatic rings. The molecule has 1 aliphatic rings. The maximum Gasteiger partial charge on any atom is 0.199 e. The van der Waals surface area contributed by atoms with Crippen molar-refractivity contribution in [2.45, 2.75) is 84.0 Å². The van der Waals surface area contributed by atoms with Crippen molar-refractivity contribution in [3.8, 4) is 6.07 Å². The Morgan fingerprint density at radius 3 is 2.21 bits per heavy atom. The standard InChI is InChI=1S/C26H36FN/c1-2-3-5-8-22-11-15-24(16-12-22)19-20-25-17-13-23(14-18-25)9-6-4-7-10-26(27)21-28/h4,7,10-12,15-16,23,25H,2-3,5-6,8-9,13-14,17-20H2,1H3/t23-,25-. The van der Waals surface area contributed by atoms with Crippen LogP contribution in [0.4, 0.5) is 4.39 Å². The summed E-state index contributed by atoms with van der Waals surface area (Å²) >= 11 is 0. The van der Waals surface area contributed by atoms with Gasteiger partial charge in [0.05, 0.1) is 0 Å². The molecule has 1 aliphatic carbocycles. The number of nitriles is 1. The van der Waals surface area contributed by atoms with E-state index in [4.69, 9.17) is 5.26 Å². The number of benzene rings is 1. The molecular formula is C26H36FN. The van der Waals surface area contributed by atoms with Gasteiger partial charge >= 0.3 is 0 Å². The van der Waals surface area contributed by atoms with Crippen molar-refractivity contribution < 1.29 is 4.39 Å². The van der Waals surface area contributed by atoms with Crippen LogP contribution in [0.1, 0.15) is 82.3 Å². The van der Waals surface area contributed by atoms with Gasteiger partial charge in [-0.05, 0) is 67.6 Å². The van der Waals surface area contributed by atoms with Crippen LogP contribution in [-0.2, 0) is 12.8 Å². The van der Waals surface area contributed by atoms with Crippen molar-refractivity contribution in [3.05, 3.63) is 59.4 Å². The summed E-state index contributed by atoms with van der Waals surface area (Å²) in [6, 6.07) is 10.8. The molecule has 2 heteroatoms. The molecule has 0 aliphatic heterocycles. The predicted octanol–water partition coefficient (Wildman–Crippen LogP) is 7.87. The fourth-order valence-corrected chi connectivity index (χ4v) is 4.25. The van der Waals surface area contributed by atoms with Gasteiger partial charge in [0, 0.05) is 0 Å². The zero-order chi connectivity index (χ0) is 20.0. The van der Waals surface area contributed by atoms with Crippen LogP contribution in [-0.4, -0.2) is 0 Å². The molecule has 1 nitrogen and oxygen atoms in total. The van der Waals surface area contributed by atoms with Crippen LogP contribution in [0.3, 0.4) is 0 Å². The first-order valence-corrected chi connectivity index (χ1v) is 11.2. The molecule has 0 N–H and O–H groups in total. The first-order chi connectivity index (χ1) is 13.7.